The summed E-state index contributed by atoms with van der Waals surface area (Å²) in [6.45, 7) is 1.13. The van der Waals surface area contributed by atoms with E-state index in [-0.39, 0.29) is 5.56 Å². The Labute approximate surface area is 103 Å². The van der Waals surface area contributed by atoms with E-state index >= 15 is 0 Å². The van der Waals surface area contributed by atoms with Gasteiger partial charge in [0.25, 0.3) is 6.43 Å². The van der Waals surface area contributed by atoms with Crippen LogP contribution >= 0.6 is 0 Å². The van der Waals surface area contributed by atoms with E-state index in [9.17, 15) is 8.78 Å². The van der Waals surface area contributed by atoms with Crippen molar-refractivity contribution in [2.75, 3.05) is 17.6 Å². The molecule has 0 aliphatic carbocycles. The summed E-state index contributed by atoms with van der Waals surface area (Å²) in [7, 11) is 0. The summed E-state index contributed by atoms with van der Waals surface area (Å²) in [5.74, 6) is 0. The van der Waals surface area contributed by atoms with Crippen molar-refractivity contribution in [2.45, 2.75) is 13.0 Å². The Bertz CT molecular complexity index is 497. The molecule has 0 radical (unpaired) electrons. The fourth-order valence-corrected chi connectivity index (χ4v) is 1.66. The summed E-state index contributed by atoms with van der Waals surface area (Å²) >= 11 is 0. The van der Waals surface area contributed by atoms with Crippen LogP contribution in [0.2, 0.25) is 0 Å². The monoisotopic (exact) mass is 252 g/mol. The van der Waals surface area contributed by atoms with Crippen molar-refractivity contribution >= 4 is 11.4 Å². The molecule has 0 aliphatic heterocycles. The lowest BCUT2D eigenvalue weighted by Gasteiger charge is -2.12. The van der Waals surface area contributed by atoms with Crippen molar-refractivity contribution in [2.24, 2.45) is 0 Å². The molecule has 18 heavy (non-hydrogen) atoms. The summed E-state index contributed by atoms with van der Waals surface area (Å²) in [4.78, 5) is 0. The number of aromatic nitrogens is 2. The lowest BCUT2D eigenvalue weighted by molar-refractivity contribution is 0.152. The molecule has 1 aromatic carbocycles. The van der Waals surface area contributed by atoms with E-state index in [4.69, 9.17) is 5.73 Å². The van der Waals surface area contributed by atoms with Gasteiger partial charge in [-0.05, 0) is 24.3 Å². The second-order valence-electron chi connectivity index (χ2n) is 3.84. The van der Waals surface area contributed by atoms with Gasteiger partial charge in [0, 0.05) is 35.9 Å². The molecule has 0 saturated heterocycles. The van der Waals surface area contributed by atoms with Gasteiger partial charge in [0.1, 0.15) is 0 Å². The fourth-order valence-electron chi connectivity index (χ4n) is 1.66. The molecule has 0 saturated carbocycles. The van der Waals surface area contributed by atoms with E-state index in [2.05, 4.69) is 10.4 Å². The highest BCUT2D eigenvalue weighted by Crippen LogP contribution is 2.28. The minimum Gasteiger partial charge on any atom is -0.399 e. The quantitative estimate of drug-likeness (QED) is 0.804. The Hall–Kier alpha value is -2.11. The lowest BCUT2D eigenvalue weighted by Crippen LogP contribution is -2.12. The summed E-state index contributed by atoms with van der Waals surface area (Å²) in [5.41, 5.74) is 6.17. The number of alkyl halides is 2. The molecule has 0 aliphatic rings. The zero-order valence-corrected chi connectivity index (χ0v) is 9.68. The minimum absolute atomic E-state index is 0.0736. The first-order valence-electron chi connectivity index (χ1n) is 5.55. The normalized spacial score (nSPS) is 10.8. The van der Waals surface area contributed by atoms with Crippen LogP contribution in [0.25, 0.3) is 0 Å². The maximum absolute atomic E-state index is 12.8. The Morgan fingerprint density at radius 2 is 2.22 bits per heavy atom. The number of halogens is 2. The van der Waals surface area contributed by atoms with Gasteiger partial charge in [-0.2, -0.15) is 5.10 Å². The van der Waals surface area contributed by atoms with E-state index in [1.807, 2.05) is 12.3 Å². The standard InChI is InChI=1S/C12H14F2N4/c13-12(14)10-8-9(15)2-3-11(10)16-5-7-18-6-1-4-17-18/h1-4,6,8,12,16H,5,7,15H2. The Balaban J connectivity index is 2.00. The van der Waals surface area contributed by atoms with Gasteiger partial charge in [0.15, 0.2) is 0 Å². The molecular formula is C12H14F2N4. The van der Waals surface area contributed by atoms with Gasteiger partial charge >= 0.3 is 0 Å². The molecule has 2 rings (SSSR count). The van der Waals surface area contributed by atoms with Crippen LogP contribution in [0.15, 0.2) is 36.7 Å². The second kappa shape index (κ2) is 5.48. The van der Waals surface area contributed by atoms with Crippen LogP contribution in [0.1, 0.15) is 12.0 Å². The SMILES string of the molecule is Nc1ccc(NCCn2cccn2)c(C(F)F)c1. The maximum Gasteiger partial charge on any atom is 0.265 e. The predicted octanol–water partition coefficient (Wildman–Crippen LogP) is 2.52. The highest BCUT2D eigenvalue weighted by atomic mass is 19.3. The first-order chi connectivity index (χ1) is 8.66. The first-order valence-corrected chi connectivity index (χ1v) is 5.55. The molecular weight excluding hydrogens is 238 g/mol. The highest BCUT2D eigenvalue weighted by Gasteiger charge is 2.12. The van der Waals surface area contributed by atoms with Crippen molar-refractivity contribution in [1.29, 1.82) is 0 Å². The van der Waals surface area contributed by atoms with Crippen LogP contribution < -0.4 is 11.1 Å². The van der Waals surface area contributed by atoms with Crippen molar-refractivity contribution in [3.05, 3.63) is 42.2 Å². The van der Waals surface area contributed by atoms with Crippen molar-refractivity contribution in [1.82, 2.24) is 9.78 Å². The molecule has 96 valence electrons. The molecule has 0 amide bonds. The van der Waals surface area contributed by atoms with Gasteiger partial charge in [-0.25, -0.2) is 8.78 Å². The number of rotatable bonds is 5. The van der Waals surface area contributed by atoms with Crippen LogP contribution in [0.5, 0.6) is 0 Å². The molecule has 0 spiro atoms. The molecule has 4 nitrogen and oxygen atoms in total. The molecule has 6 heteroatoms. The maximum atomic E-state index is 12.8. The number of nitrogen functional groups attached to an aromatic ring is 1. The third kappa shape index (κ3) is 2.97. The van der Waals surface area contributed by atoms with Gasteiger partial charge in [-0.15, -0.1) is 0 Å². The average molecular weight is 252 g/mol. The Morgan fingerprint density at radius 1 is 1.39 bits per heavy atom. The number of benzene rings is 1. The third-order valence-corrected chi connectivity index (χ3v) is 2.53. The molecule has 1 heterocycles. The molecule has 2 aromatic rings. The number of hydrogen-bond donors (Lipinski definition) is 2. The minimum atomic E-state index is -2.54. The number of nitrogens with one attached hydrogen (secondary N) is 1. The molecule has 0 bridgehead atoms. The zero-order valence-electron chi connectivity index (χ0n) is 9.68. The first kappa shape index (κ1) is 12.3. The van der Waals surface area contributed by atoms with Crippen molar-refractivity contribution in [3.63, 3.8) is 0 Å². The van der Waals surface area contributed by atoms with E-state index in [0.717, 1.165) is 0 Å². The van der Waals surface area contributed by atoms with E-state index in [1.54, 1.807) is 23.0 Å². The van der Waals surface area contributed by atoms with Crippen LogP contribution in [-0.4, -0.2) is 16.3 Å². The Morgan fingerprint density at radius 3 is 2.89 bits per heavy atom. The van der Waals surface area contributed by atoms with Gasteiger partial charge in [-0.3, -0.25) is 4.68 Å². The van der Waals surface area contributed by atoms with Crippen LogP contribution in [0, 0.1) is 0 Å². The molecule has 0 atom stereocenters. The van der Waals surface area contributed by atoms with Gasteiger partial charge in [-0.1, -0.05) is 0 Å². The lowest BCUT2D eigenvalue weighted by atomic mass is 10.1. The highest BCUT2D eigenvalue weighted by molar-refractivity contribution is 5.58. The number of hydrogen-bond acceptors (Lipinski definition) is 3. The average Bonchev–Trinajstić information content (AvgIpc) is 2.84. The smallest absolute Gasteiger partial charge is 0.265 e. The molecule has 1 aromatic heterocycles. The van der Waals surface area contributed by atoms with E-state index in [0.29, 0.717) is 24.5 Å². The predicted molar refractivity (Wildman–Crippen MR) is 66.5 cm³/mol. The summed E-state index contributed by atoms with van der Waals surface area (Å²) < 4.78 is 27.3. The largest absolute Gasteiger partial charge is 0.399 e. The summed E-state index contributed by atoms with van der Waals surface area (Å²) in [6, 6.07) is 6.27. The number of anilines is 2. The summed E-state index contributed by atoms with van der Waals surface area (Å²) in [6.07, 6.45) is 0.952. The summed E-state index contributed by atoms with van der Waals surface area (Å²) in [5, 5.41) is 6.99. The van der Waals surface area contributed by atoms with Crippen LogP contribution in [0.3, 0.4) is 0 Å². The number of nitrogens with two attached hydrogens (primary N) is 1. The number of nitrogens with zero attached hydrogens (tertiary/aromatic N) is 2. The van der Waals surface area contributed by atoms with Crippen LogP contribution in [0.4, 0.5) is 20.2 Å². The third-order valence-electron chi connectivity index (χ3n) is 2.53. The topological polar surface area (TPSA) is 55.9 Å². The molecule has 0 unspecified atom stereocenters. The van der Waals surface area contributed by atoms with E-state index < -0.39 is 6.43 Å². The molecule has 3 N–H and O–H groups in total. The van der Waals surface area contributed by atoms with Gasteiger partial charge in [0.05, 0.1) is 6.54 Å². The second-order valence-corrected chi connectivity index (χ2v) is 3.84. The Kier molecular flexibility index (Phi) is 3.76. The van der Waals surface area contributed by atoms with Crippen LogP contribution in [-0.2, 0) is 6.54 Å². The van der Waals surface area contributed by atoms with Gasteiger partial charge in [0.2, 0.25) is 0 Å². The van der Waals surface area contributed by atoms with Gasteiger partial charge < -0.3 is 11.1 Å². The molecule has 0 fully saturated rings. The van der Waals surface area contributed by atoms with E-state index in [1.165, 1.54) is 6.07 Å². The fraction of sp³-hybridized carbons (Fsp3) is 0.250. The van der Waals surface area contributed by atoms with Crippen molar-refractivity contribution < 1.29 is 8.78 Å². The van der Waals surface area contributed by atoms with Crippen molar-refractivity contribution in [3.8, 4) is 0 Å². The zero-order chi connectivity index (χ0) is 13.0.